The smallest absolute Gasteiger partial charge is 0.241 e. The molecule has 130 valence electrons. The molecule has 0 N–H and O–H groups in total. The van der Waals surface area contributed by atoms with Crippen LogP contribution in [0.3, 0.4) is 0 Å². The molecule has 2 aromatic heterocycles. The monoisotopic (exact) mass is 342 g/mol. The molecule has 0 aliphatic carbocycles. The predicted octanol–water partition coefficient (Wildman–Crippen LogP) is 2.38. The number of piperidine rings is 1. The van der Waals surface area contributed by atoms with Crippen molar-refractivity contribution in [2.75, 3.05) is 13.1 Å². The fraction of sp³-hybridized carbons (Fsp3) is 0.412. The van der Waals surface area contributed by atoms with Gasteiger partial charge in [0.05, 0.1) is 12.1 Å². The lowest BCUT2D eigenvalue weighted by Crippen LogP contribution is -2.36. The molecule has 7 nitrogen and oxygen atoms in total. The molecule has 1 saturated heterocycles. The Balaban J connectivity index is 1.39. The van der Waals surface area contributed by atoms with Crippen LogP contribution in [0.2, 0.25) is 0 Å². The van der Waals surface area contributed by atoms with Crippen molar-refractivity contribution in [2.24, 2.45) is 5.92 Å². The third-order valence-electron chi connectivity index (χ3n) is 4.46. The summed E-state index contributed by atoms with van der Waals surface area (Å²) in [5, 5.41) is 8.09. The first-order chi connectivity index (χ1) is 12.3. The molecule has 1 fully saturated rings. The SMILES string of the molecule is Fc1ccccc1-c1noc(CN2CCCC(Cn3cncn3)C2)n1. The van der Waals surface area contributed by atoms with Crippen molar-refractivity contribution in [1.82, 2.24) is 29.8 Å². The Morgan fingerprint density at radius 3 is 3.04 bits per heavy atom. The highest BCUT2D eigenvalue weighted by atomic mass is 19.1. The summed E-state index contributed by atoms with van der Waals surface area (Å²) in [5.74, 6) is 0.981. The molecule has 0 amide bonds. The van der Waals surface area contributed by atoms with Gasteiger partial charge in [0.15, 0.2) is 0 Å². The van der Waals surface area contributed by atoms with Gasteiger partial charge >= 0.3 is 0 Å². The van der Waals surface area contributed by atoms with E-state index in [0.717, 1.165) is 26.1 Å². The van der Waals surface area contributed by atoms with Gasteiger partial charge in [0.1, 0.15) is 18.5 Å². The minimum absolute atomic E-state index is 0.296. The summed E-state index contributed by atoms with van der Waals surface area (Å²) in [4.78, 5) is 10.6. The van der Waals surface area contributed by atoms with Crippen LogP contribution >= 0.6 is 0 Å². The second-order valence-corrected chi connectivity index (χ2v) is 6.35. The van der Waals surface area contributed by atoms with Gasteiger partial charge in [-0.2, -0.15) is 10.1 Å². The number of likely N-dealkylation sites (tertiary alicyclic amines) is 1. The topological polar surface area (TPSA) is 72.9 Å². The average molecular weight is 342 g/mol. The Labute approximate surface area is 144 Å². The van der Waals surface area contributed by atoms with Crippen LogP contribution in [0.4, 0.5) is 4.39 Å². The Morgan fingerprint density at radius 1 is 1.28 bits per heavy atom. The van der Waals surface area contributed by atoms with Crippen LogP contribution in [0.1, 0.15) is 18.7 Å². The van der Waals surface area contributed by atoms with Gasteiger partial charge in [-0.25, -0.2) is 9.37 Å². The average Bonchev–Trinajstić information content (AvgIpc) is 3.28. The first-order valence-corrected chi connectivity index (χ1v) is 8.40. The molecule has 0 bridgehead atoms. The van der Waals surface area contributed by atoms with E-state index in [1.54, 1.807) is 30.9 Å². The highest BCUT2D eigenvalue weighted by molar-refractivity contribution is 5.54. The van der Waals surface area contributed by atoms with Crippen LogP contribution in [0.15, 0.2) is 41.4 Å². The van der Waals surface area contributed by atoms with Crippen molar-refractivity contribution >= 4 is 0 Å². The van der Waals surface area contributed by atoms with Gasteiger partial charge in [-0.05, 0) is 37.4 Å². The lowest BCUT2D eigenvalue weighted by Gasteiger charge is -2.31. The molecule has 0 radical (unpaired) electrons. The van der Waals surface area contributed by atoms with E-state index in [4.69, 9.17) is 4.52 Å². The number of nitrogens with zero attached hydrogens (tertiary/aromatic N) is 6. The maximum atomic E-state index is 13.8. The van der Waals surface area contributed by atoms with E-state index in [1.807, 2.05) is 4.68 Å². The molecule has 3 aromatic rings. The summed E-state index contributed by atoms with van der Waals surface area (Å²) in [6.45, 7) is 3.37. The first kappa shape index (κ1) is 15.9. The zero-order valence-corrected chi connectivity index (χ0v) is 13.8. The molecule has 3 heterocycles. The fourth-order valence-electron chi connectivity index (χ4n) is 3.30. The summed E-state index contributed by atoms with van der Waals surface area (Å²) in [7, 11) is 0. The van der Waals surface area contributed by atoms with E-state index in [0.29, 0.717) is 29.7 Å². The largest absolute Gasteiger partial charge is 0.338 e. The number of rotatable bonds is 5. The van der Waals surface area contributed by atoms with Crippen LogP contribution in [0.25, 0.3) is 11.4 Å². The van der Waals surface area contributed by atoms with Crippen LogP contribution in [0.5, 0.6) is 0 Å². The number of benzene rings is 1. The van der Waals surface area contributed by atoms with Gasteiger partial charge in [-0.3, -0.25) is 9.58 Å². The van der Waals surface area contributed by atoms with E-state index >= 15 is 0 Å². The van der Waals surface area contributed by atoms with Crippen LogP contribution in [-0.4, -0.2) is 42.9 Å². The van der Waals surface area contributed by atoms with Gasteiger partial charge in [0.25, 0.3) is 0 Å². The summed E-state index contributed by atoms with van der Waals surface area (Å²) in [5.41, 5.74) is 0.361. The van der Waals surface area contributed by atoms with Gasteiger partial charge in [-0.1, -0.05) is 17.3 Å². The molecular formula is C17H19FN6O. The third-order valence-corrected chi connectivity index (χ3v) is 4.46. The second kappa shape index (κ2) is 7.10. The van der Waals surface area contributed by atoms with Gasteiger partial charge in [0.2, 0.25) is 11.7 Å². The molecule has 1 aliphatic heterocycles. The highest BCUT2D eigenvalue weighted by Crippen LogP contribution is 2.22. The number of aromatic nitrogens is 5. The first-order valence-electron chi connectivity index (χ1n) is 8.40. The van der Waals surface area contributed by atoms with Crippen molar-refractivity contribution in [2.45, 2.75) is 25.9 Å². The lowest BCUT2D eigenvalue weighted by molar-refractivity contribution is 0.138. The molecule has 4 rings (SSSR count). The van der Waals surface area contributed by atoms with Crippen molar-refractivity contribution < 1.29 is 8.91 Å². The van der Waals surface area contributed by atoms with E-state index in [9.17, 15) is 4.39 Å². The zero-order chi connectivity index (χ0) is 17.1. The number of halogens is 1. The quantitative estimate of drug-likeness (QED) is 0.709. The molecule has 25 heavy (non-hydrogen) atoms. The van der Waals surface area contributed by atoms with Gasteiger partial charge < -0.3 is 4.52 Å². The minimum atomic E-state index is -0.347. The van der Waals surface area contributed by atoms with E-state index in [2.05, 4.69) is 25.1 Å². The zero-order valence-electron chi connectivity index (χ0n) is 13.8. The van der Waals surface area contributed by atoms with E-state index in [1.165, 1.54) is 12.5 Å². The molecule has 1 atom stereocenters. The minimum Gasteiger partial charge on any atom is -0.338 e. The van der Waals surface area contributed by atoms with Crippen molar-refractivity contribution in [3.05, 3.63) is 48.6 Å². The van der Waals surface area contributed by atoms with Crippen molar-refractivity contribution in [1.29, 1.82) is 0 Å². The van der Waals surface area contributed by atoms with Crippen LogP contribution in [-0.2, 0) is 13.1 Å². The van der Waals surface area contributed by atoms with Crippen molar-refractivity contribution in [3.8, 4) is 11.4 Å². The Kier molecular flexibility index (Phi) is 4.51. The normalized spacial score (nSPS) is 18.5. The fourth-order valence-corrected chi connectivity index (χ4v) is 3.30. The molecule has 8 heteroatoms. The lowest BCUT2D eigenvalue weighted by atomic mass is 9.98. The molecule has 1 aromatic carbocycles. The molecule has 1 aliphatic rings. The van der Waals surface area contributed by atoms with Crippen molar-refractivity contribution in [3.63, 3.8) is 0 Å². The van der Waals surface area contributed by atoms with Crippen LogP contribution in [0, 0.1) is 11.7 Å². The van der Waals surface area contributed by atoms with Gasteiger partial charge in [0, 0.05) is 13.1 Å². The molecule has 0 spiro atoms. The summed E-state index contributed by atoms with van der Waals surface area (Å²) >= 11 is 0. The molecule has 0 saturated carbocycles. The maximum absolute atomic E-state index is 13.8. The maximum Gasteiger partial charge on any atom is 0.241 e. The van der Waals surface area contributed by atoms with Gasteiger partial charge in [-0.15, -0.1) is 0 Å². The summed E-state index contributed by atoms with van der Waals surface area (Å²) < 4.78 is 21.0. The summed E-state index contributed by atoms with van der Waals surface area (Å²) in [6.07, 6.45) is 5.59. The van der Waals surface area contributed by atoms with E-state index < -0.39 is 0 Å². The third kappa shape index (κ3) is 3.74. The Bertz CT molecular complexity index is 818. The molecular weight excluding hydrogens is 323 g/mol. The second-order valence-electron chi connectivity index (χ2n) is 6.35. The highest BCUT2D eigenvalue weighted by Gasteiger charge is 2.22. The predicted molar refractivity (Wildman–Crippen MR) is 87.7 cm³/mol. The number of hydrogen-bond acceptors (Lipinski definition) is 6. The number of hydrogen-bond donors (Lipinski definition) is 0. The van der Waals surface area contributed by atoms with Crippen LogP contribution < -0.4 is 0 Å². The Morgan fingerprint density at radius 2 is 2.20 bits per heavy atom. The summed E-state index contributed by atoms with van der Waals surface area (Å²) in [6, 6.07) is 6.44. The van der Waals surface area contributed by atoms with E-state index in [-0.39, 0.29) is 5.82 Å². The molecule has 1 unspecified atom stereocenters. The standard InChI is InChI=1S/C17H19FN6O/c18-15-6-2-1-5-14(15)17-21-16(25-22-17)10-23-7-3-4-13(8-23)9-24-12-19-11-20-24/h1-2,5-6,11-13H,3-4,7-10H2. The Hall–Kier alpha value is -2.61.